The summed E-state index contributed by atoms with van der Waals surface area (Å²) in [6, 6.07) is 7.82. The van der Waals surface area contributed by atoms with Crippen molar-refractivity contribution in [1.29, 1.82) is 0 Å². The van der Waals surface area contributed by atoms with Crippen molar-refractivity contribution in [3.8, 4) is 0 Å². The second kappa shape index (κ2) is 5.78. The number of allylic oxidation sites excluding steroid dienone is 4. The van der Waals surface area contributed by atoms with E-state index in [0.29, 0.717) is 11.3 Å². The number of aliphatic imine (C=N–C) groups is 1. The van der Waals surface area contributed by atoms with Gasteiger partial charge in [0.05, 0.1) is 12.1 Å². The molecule has 0 bridgehead atoms. The molecule has 2 rings (SSSR count). The maximum atomic E-state index is 12.0. The number of carbonyl (C=O) groups excluding carboxylic acids is 2. The minimum atomic E-state index is -0.199. The molecule has 1 aromatic rings. The molecular weight excluding hydrogens is 250 g/mol. The van der Waals surface area contributed by atoms with E-state index >= 15 is 0 Å². The minimum Gasteiger partial charge on any atom is -0.290 e. The predicted molar refractivity (Wildman–Crippen MR) is 79.8 cm³/mol. The molecule has 20 heavy (non-hydrogen) atoms. The molecule has 0 radical (unpaired) electrons. The summed E-state index contributed by atoms with van der Waals surface area (Å²) in [6.45, 7) is 5.57. The van der Waals surface area contributed by atoms with Crippen molar-refractivity contribution >= 4 is 17.4 Å². The third-order valence-electron chi connectivity index (χ3n) is 3.43. The van der Waals surface area contributed by atoms with Crippen LogP contribution >= 0.6 is 0 Å². The molecule has 0 saturated carbocycles. The van der Waals surface area contributed by atoms with Crippen molar-refractivity contribution in [3.63, 3.8) is 0 Å². The highest BCUT2D eigenvalue weighted by Gasteiger charge is 2.15. The molecule has 102 valence electrons. The predicted octanol–water partition coefficient (Wildman–Crippen LogP) is 2.98. The van der Waals surface area contributed by atoms with Gasteiger partial charge < -0.3 is 0 Å². The van der Waals surface area contributed by atoms with Gasteiger partial charge in [-0.2, -0.15) is 0 Å². The zero-order chi connectivity index (χ0) is 14.7. The average molecular weight is 267 g/mol. The number of carbonyl (C=O) groups is 2. The summed E-state index contributed by atoms with van der Waals surface area (Å²) in [7, 11) is 0. The van der Waals surface area contributed by atoms with Gasteiger partial charge in [0.25, 0.3) is 5.91 Å². The third kappa shape index (κ3) is 3.18. The van der Waals surface area contributed by atoms with Crippen LogP contribution in [0, 0.1) is 6.92 Å². The number of amides is 1. The fraction of sp³-hybridized carbons (Fsp3) is 0.235. The van der Waals surface area contributed by atoms with Crippen LogP contribution in [0.1, 0.15) is 25.0 Å². The van der Waals surface area contributed by atoms with Gasteiger partial charge in [-0.15, -0.1) is 0 Å². The van der Waals surface area contributed by atoms with Crippen LogP contribution in [0.2, 0.25) is 0 Å². The van der Waals surface area contributed by atoms with E-state index in [0.717, 1.165) is 16.7 Å². The molecule has 0 atom stereocenters. The molecule has 0 unspecified atom stereocenters. The van der Waals surface area contributed by atoms with Gasteiger partial charge >= 0.3 is 0 Å². The van der Waals surface area contributed by atoms with Crippen molar-refractivity contribution in [1.82, 2.24) is 0 Å². The first-order chi connectivity index (χ1) is 9.47. The third-order valence-corrected chi connectivity index (χ3v) is 3.43. The summed E-state index contributed by atoms with van der Waals surface area (Å²) in [5.74, 6) is -0.220. The van der Waals surface area contributed by atoms with E-state index in [-0.39, 0.29) is 18.1 Å². The van der Waals surface area contributed by atoms with Gasteiger partial charge in [-0.05, 0) is 44.1 Å². The quantitative estimate of drug-likeness (QED) is 0.773. The van der Waals surface area contributed by atoms with Crippen LogP contribution in [0.4, 0.5) is 0 Å². The van der Waals surface area contributed by atoms with Gasteiger partial charge in [0.1, 0.15) is 0 Å². The summed E-state index contributed by atoms with van der Waals surface area (Å²) < 4.78 is 0. The Morgan fingerprint density at radius 2 is 1.65 bits per heavy atom. The average Bonchev–Trinajstić information content (AvgIpc) is 2.42. The molecule has 3 heteroatoms. The van der Waals surface area contributed by atoms with Gasteiger partial charge in [-0.1, -0.05) is 29.8 Å². The molecule has 3 nitrogen and oxygen atoms in total. The molecule has 1 amide bonds. The fourth-order valence-electron chi connectivity index (χ4n) is 1.96. The fourth-order valence-corrected chi connectivity index (χ4v) is 1.96. The van der Waals surface area contributed by atoms with Crippen LogP contribution in [0.15, 0.2) is 52.6 Å². The van der Waals surface area contributed by atoms with Gasteiger partial charge in [0.2, 0.25) is 0 Å². The first kappa shape index (κ1) is 14.1. The maximum Gasteiger partial charge on any atom is 0.250 e. The van der Waals surface area contributed by atoms with E-state index in [1.54, 1.807) is 13.0 Å². The van der Waals surface area contributed by atoms with Gasteiger partial charge in [0, 0.05) is 5.57 Å². The normalized spacial score (nSPS) is 16.9. The standard InChI is InChI=1S/C17H17NO2/c1-11-4-6-14(7-5-11)10-17(20)18-15-8-9-16(19)13(3)12(15)2/h4-9H,10H2,1-3H3. The van der Waals surface area contributed by atoms with E-state index in [1.165, 1.54) is 6.08 Å². The molecule has 0 N–H and O–H groups in total. The van der Waals surface area contributed by atoms with E-state index < -0.39 is 0 Å². The molecule has 1 aromatic carbocycles. The first-order valence-electron chi connectivity index (χ1n) is 6.54. The van der Waals surface area contributed by atoms with Crippen LogP contribution < -0.4 is 0 Å². The zero-order valence-electron chi connectivity index (χ0n) is 11.9. The molecule has 0 heterocycles. The Hall–Kier alpha value is -2.29. The van der Waals surface area contributed by atoms with Crippen LogP contribution in [-0.4, -0.2) is 17.4 Å². The maximum absolute atomic E-state index is 12.0. The summed E-state index contributed by atoms with van der Waals surface area (Å²) in [5, 5.41) is 0. The molecule has 1 aliphatic rings. The lowest BCUT2D eigenvalue weighted by atomic mass is 9.97. The SMILES string of the molecule is CC1=C(C)C(=NC(=O)Cc2ccc(C)cc2)C=CC1=O. The van der Waals surface area contributed by atoms with E-state index in [2.05, 4.69) is 4.99 Å². The minimum absolute atomic E-state index is 0.0209. The largest absolute Gasteiger partial charge is 0.290 e. The Kier molecular flexibility index (Phi) is 4.08. The van der Waals surface area contributed by atoms with Crippen molar-refractivity contribution < 1.29 is 9.59 Å². The van der Waals surface area contributed by atoms with Crippen molar-refractivity contribution in [2.45, 2.75) is 27.2 Å². The number of rotatable bonds is 2. The van der Waals surface area contributed by atoms with Crippen LogP contribution in [0.5, 0.6) is 0 Å². The van der Waals surface area contributed by atoms with E-state index in [9.17, 15) is 9.59 Å². The lowest BCUT2D eigenvalue weighted by Gasteiger charge is -2.10. The Bertz CT molecular complexity index is 646. The highest BCUT2D eigenvalue weighted by Crippen LogP contribution is 2.14. The van der Waals surface area contributed by atoms with E-state index in [1.807, 2.05) is 38.1 Å². The monoisotopic (exact) mass is 267 g/mol. The Labute approximate surface area is 118 Å². The first-order valence-corrected chi connectivity index (χ1v) is 6.54. The number of hydrogen-bond donors (Lipinski definition) is 0. The highest BCUT2D eigenvalue weighted by molar-refractivity contribution is 6.23. The lowest BCUT2D eigenvalue weighted by Crippen LogP contribution is -2.13. The lowest BCUT2D eigenvalue weighted by molar-refractivity contribution is -0.117. The summed E-state index contributed by atoms with van der Waals surface area (Å²) in [4.78, 5) is 27.5. The Balaban J connectivity index is 2.15. The molecule has 0 saturated heterocycles. The van der Waals surface area contributed by atoms with Gasteiger partial charge in [-0.25, -0.2) is 4.99 Å². The molecule has 0 aromatic heterocycles. The second-order valence-electron chi connectivity index (χ2n) is 5.00. The Morgan fingerprint density at radius 3 is 2.30 bits per heavy atom. The molecular formula is C17H17NO2. The number of nitrogens with zero attached hydrogens (tertiary/aromatic N) is 1. The summed E-state index contributed by atoms with van der Waals surface area (Å²) in [5.41, 5.74) is 4.11. The number of benzene rings is 1. The van der Waals surface area contributed by atoms with Gasteiger partial charge in [0.15, 0.2) is 5.78 Å². The molecule has 1 aliphatic carbocycles. The van der Waals surface area contributed by atoms with Crippen LogP contribution in [-0.2, 0) is 16.0 Å². The van der Waals surface area contributed by atoms with Gasteiger partial charge in [-0.3, -0.25) is 9.59 Å². The van der Waals surface area contributed by atoms with E-state index in [4.69, 9.17) is 0 Å². The molecule has 0 spiro atoms. The number of aryl methyl sites for hydroxylation is 1. The summed E-state index contributed by atoms with van der Waals surface area (Å²) in [6.07, 6.45) is 3.34. The van der Waals surface area contributed by atoms with Crippen molar-refractivity contribution in [3.05, 3.63) is 58.7 Å². The smallest absolute Gasteiger partial charge is 0.250 e. The topological polar surface area (TPSA) is 46.5 Å². The molecule has 0 fully saturated rings. The second-order valence-corrected chi connectivity index (χ2v) is 5.00. The number of ketones is 1. The van der Waals surface area contributed by atoms with Crippen molar-refractivity contribution in [2.75, 3.05) is 0 Å². The van der Waals surface area contributed by atoms with Crippen LogP contribution in [0.25, 0.3) is 0 Å². The number of hydrogen-bond acceptors (Lipinski definition) is 2. The summed E-state index contributed by atoms with van der Waals surface area (Å²) >= 11 is 0. The molecule has 0 aliphatic heterocycles. The zero-order valence-corrected chi connectivity index (χ0v) is 11.9. The van der Waals surface area contributed by atoms with Crippen LogP contribution in [0.3, 0.4) is 0 Å². The highest BCUT2D eigenvalue weighted by atomic mass is 16.1. The Morgan fingerprint density at radius 1 is 1.00 bits per heavy atom. The van der Waals surface area contributed by atoms with Crippen molar-refractivity contribution in [2.24, 2.45) is 4.99 Å².